The third-order valence-electron chi connectivity index (χ3n) is 8.09. The summed E-state index contributed by atoms with van der Waals surface area (Å²) in [5.41, 5.74) is 6.54. The number of hydrogen-bond acceptors (Lipinski definition) is 6. The molecule has 2 aromatic carbocycles. The summed E-state index contributed by atoms with van der Waals surface area (Å²) >= 11 is 0. The van der Waals surface area contributed by atoms with Crippen LogP contribution < -0.4 is 27.0 Å². The van der Waals surface area contributed by atoms with Gasteiger partial charge in [-0.1, -0.05) is 69.2 Å². The van der Waals surface area contributed by atoms with Crippen molar-refractivity contribution in [3.05, 3.63) is 48.0 Å². The zero-order valence-electron chi connectivity index (χ0n) is 26.5. The van der Waals surface area contributed by atoms with Gasteiger partial charge in [0.15, 0.2) is 0 Å². The molecule has 0 saturated carbocycles. The molecule has 3 rings (SSSR count). The van der Waals surface area contributed by atoms with Crippen LogP contribution in [0.4, 0.5) is 0 Å². The van der Waals surface area contributed by atoms with Gasteiger partial charge in [0.05, 0.1) is 0 Å². The Labute approximate surface area is 265 Å². The van der Waals surface area contributed by atoms with Gasteiger partial charge in [0.1, 0.15) is 18.1 Å². The van der Waals surface area contributed by atoms with Gasteiger partial charge in [0, 0.05) is 25.3 Å². The Bertz CT molecular complexity index is 1310. The van der Waals surface area contributed by atoms with Gasteiger partial charge in [-0.2, -0.15) is 0 Å². The second-order valence-electron chi connectivity index (χ2n) is 12.4. The maximum absolute atomic E-state index is 13.9. The highest BCUT2D eigenvalue weighted by Crippen LogP contribution is 2.21. The summed E-state index contributed by atoms with van der Waals surface area (Å²) in [6.45, 7) is 4.46. The first-order valence-corrected chi connectivity index (χ1v) is 16.2. The second kappa shape index (κ2) is 18.1. The molecular formula is C34H49N5O6. The molecule has 11 nitrogen and oxygen atoms in total. The lowest BCUT2D eigenvalue weighted by Gasteiger charge is -2.26. The maximum atomic E-state index is 13.9. The van der Waals surface area contributed by atoms with Crippen molar-refractivity contribution in [2.45, 2.75) is 109 Å². The lowest BCUT2D eigenvalue weighted by molar-refractivity contribution is -0.137. The molecule has 0 aromatic heterocycles. The van der Waals surface area contributed by atoms with Crippen LogP contribution in [-0.4, -0.2) is 65.4 Å². The van der Waals surface area contributed by atoms with Crippen LogP contribution in [0, 0.1) is 5.92 Å². The summed E-state index contributed by atoms with van der Waals surface area (Å²) < 4.78 is 0. The normalized spacial score (nSPS) is 21.6. The van der Waals surface area contributed by atoms with Crippen molar-refractivity contribution >= 4 is 40.4 Å². The van der Waals surface area contributed by atoms with Crippen LogP contribution in [0.1, 0.15) is 83.6 Å². The van der Waals surface area contributed by atoms with E-state index in [0.29, 0.717) is 51.5 Å². The summed E-state index contributed by atoms with van der Waals surface area (Å²) in [7, 11) is 0. The molecule has 0 bridgehead atoms. The lowest BCUT2D eigenvalue weighted by Crippen LogP contribution is -2.56. The number of carboxylic acid groups (broad SMARTS) is 1. The van der Waals surface area contributed by atoms with Crippen molar-refractivity contribution in [1.82, 2.24) is 21.3 Å². The van der Waals surface area contributed by atoms with Crippen LogP contribution in [0.3, 0.4) is 0 Å². The Kier molecular flexibility index (Phi) is 14.3. The van der Waals surface area contributed by atoms with E-state index in [0.717, 1.165) is 16.3 Å². The Hall–Kier alpha value is -3.99. The van der Waals surface area contributed by atoms with Crippen LogP contribution in [-0.2, 0) is 30.4 Å². The van der Waals surface area contributed by atoms with E-state index < -0.39 is 47.9 Å². The topological polar surface area (TPSA) is 180 Å². The van der Waals surface area contributed by atoms with Crippen molar-refractivity contribution in [1.29, 1.82) is 0 Å². The van der Waals surface area contributed by atoms with Gasteiger partial charge in [-0.3, -0.25) is 24.0 Å². The first-order valence-electron chi connectivity index (χ1n) is 16.2. The summed E-state index contributed by atoms with van der Waals surface area (Å²) in [4.78, 5) is 65.4. The first kappa shape index (κ1) is 35.5. The van der Waals surface area contributed by atoms with Gasteiger partial charge in [-0.15, -0.1) is 0 Å². The molecule has 2 aromatic rings. The molecule has 1 aliphatic rings. The van der Waals surface area contributed by atoms with Crippen molar-refractivity contribution in [3.8, 4) is 0 Å². The monoisotopic (exact) mass is 623 g/mol. The largest absolute Gasteiger partial charge is 0.481 e. The van der Waals surface area contributed by atoms with Gasteiger partial charge >= 0.3 is 5.97 Å². The fourth-order valence-corrected chi connectivity index (χ4v) is 5.82. The third kappa shape index (κ3) is 11.8. The predicted molar refractivity (Wildman–Crippen MR) is 173 cm³/mol. The summed E-state index contributed by atoms with van der Waals surface area (Å²) in [5, 5.41) is 22.6. The molecule has 1 saturated heterocycles. The first-order chi connectivity index (χ1) is 21.6. The van der Waals surface area contributed by atoms with E-state index in [-0.39, 0.29) is 37.5 Å². The molecule has 11 heteroatoms. The highest BCUT2D eigenvalue weighted by Gasteiger charge is 2.32. The number of nitrogens with one attached hydrogen (secondary N) is 4. The van der Waals surface area contributed by atoms with Gasteiger partial charge in [-0.25, -0.2) is 0 Å². The van der Waals surface area contributed by atoms with E-state index in [9.17, 15) is 24.0 Å². The zero-order chi connectivity index (χ0) is 32.8. The van der Waals surface area contributed by atoms with Crippen molar-refractivity contribution in [2.75, 3.05) is 6.54 Å². The number of carboxylic acids is 1. The fourth-order valence-electron chi connectivity index (χ4n) is 5.82. The molecule has 246 valence electrons. The minimum Gasteiger partial charge on any atom is -0.481 e. The van der Waals surface area contributed by atoms with Gasteiger partial charge < -0.3 is 32.1 Å². The van der Waals surface area contributed by atoms with Crippen LogP contribution in [0.5, 0.6) is 0 Å². The van der Waals surface area contributed by atoms with E-state index in [1.165, 1.54) is 0 Å². The van der Waals surface area contributed by atoms with Gasteiger partial charge in [0.2, 0.25) is 23.6 Å². The summed E-state index contributed by atoms with van der Waals surface area (Å²) in [5.74, 6) is -2.45. The molecule has 1 aliphatic heterocycles. The Morgan fingerprint density at radius 1 is 0.800 bits per heavy atom. The predicted octanol–water partition coefficient (Wildman–Crippen LogP) is 2.94. The minimum absolute atomic E-state index is 0.00741. The molecule has 7 N–H and O–H groups in total. The molecule has 0 aliphatic carbocycles. The highest BCUT2D eigenvalue weighted by molar-refractivity contribution is 5.95. The number of benzene rings is 2. The Morgan fingerprint density at radius 3 is 2.11 bits per heavy atom. The molecular weight excluding hydrogens is 574 g/mol. The maximum Gasteiger partial charge on any atom is 0.303 e. The standard InChI is InChI=1S/C34H49N5O6/c1-22(2)19-25-21-30(40)37-27(16-8-9-18-35)32(43)38-28(15-4-3-5-17-31(41)42)33(44)39-29(34(45)36-25)20-24-13-10-12-23-11-6-7-14-26(23)24/h6-7,10-14,22,25,27-29H,3-5,8-9,15-21,35H2,1-2H3,(H,36,45)(H,37,40)(H,38,43)(H,39,44)(H,41,42)/t25-,27-,28-,29-/m0/s1. The summed E-state index contributed by atoms with van der Waals surface area (Å²) in [6, 6.07) is 10.3. The SMILES string of the molecule is CC(C)C[C@H]1CC(=O)N[C@@H](CCCCN)C(=O)N[C@@H](CCCCCC(=O)O)C(=O)N[C@@H](Cc2cccc3ccccc23)C(=O)N1. The van der Waals surface area contributed by atoms with Crippen molar-refractivity contribution < 1.29 is 29.1 Å². The number of unbranched alkanes of at least 4 members (excludes halogenated alkanes) is 3. The number of fused-ring (bicyclic) bond motifs is 1. The van der Waals surface area contributed by atoms with E-state index in [1.54, 1.807) is 0 Å². The summed E-state index contributed by atoms with van der Waals surface area (Å²) in [6.07, 6.45) is 4.14. The molecule has 45 heavy (non-hydrogen) atoms. The second-order valence-corrected chi connectivity index (χ2v) is 12.4. The van der Waals surface area contributed by atoms with Gasteiger partial charge in [-0.05, 0) is 67.3 Å². The van der Waals surface area contributed by atoms with E-state index in [1.807, 2.05) is 56.3 Å². The number of amides is 4. The van der Waals surface area contributed by atoms with Crippen LogP contribution in [0.25, 0.3) is 10.8 Å². The average molecular weight is 624 g/mol. The van der Waals surface area contributed by atoms with Crippen molar-refractivity contribution in [3.63, 3.8) is 0 Å². The molecule has 1 fully saturated rings. The minimum atomic E-state index is -0.980. The molecule has 4 atom stereocenters. The Balaban J connectivity index is 1.95. The molecule has 4 amide bonds. The van der Waals surface area contributed by atoms with Crippen LogP contribution >= 0.6 is 0 Å². The van der Waals surface area contributed by atoms with Crippen molar-refractivity contribution in [2.24, 2.45) is 11.7 Å². The number of nitrogens with two attached hydrogens (primary N) is 1. The lowest BCUT2D eigenvalue weighted by atomic mass is 9.96. The Morgan fingerprint density at radius 2 is 1.42 bits per heavy atom. The van der Waals surface area contributed by atoms with E-state index >= 15 is 0 Å². The number of hydrogen-bond donors (Lipinski definition) is 6. The smallest absolute Gasteiger partial charge is 0.303 e. The molecule has 0 spiro atoms. The zero-order valence-corrected chi connectivity index (χ0v) is 26.5. The fraction of sp³-hybridized carbons (Fsp3) is 0.559. The van der Waals surface area contributed by atoms with E-state index in [2.05, 4.69) is 21.3 Å². The van der Waals surface area contributed by atoms with Crippen LogP contribution in [0.2, 0.25) is 0 Å². The van der Waals surface area contributed by atoms with E-state index in [4.69, 9.17) is 10.8 Å². The van der Waals surface area contributed by atoms with Gasteiger partial charge in [0.25, 0.3) is 0 Å². The quantitative estimate of drug-likeness (QED) is 0.175. The number of carbonyl (C=O) groups is 5. The average Bonchev–Trinajstić information content (AvgIpc) is 2.99. The number of aliphatic carboxylic acids is 1. The molecule has 1 heterocycles. The van der Waals surface area contributed by atoms with Crippen LogP contribution in [0.15, 0.2) is 42.5 Å². The number of rotatable bonds is 14. The highest BCUT2D eigenvalue weighted by atomic mass is 16.4. The molecule has 0 unspecified atom stereocenters. The number of carbonyl (C=O) groups excluding carboxylic acids is 4. The third-order valence-corrected chi connectivity index (χ3v) is 8.09. The molecule has 0 radical (unpaired) electrons.